The summed E-state index contributed by atoms with van der Waals surface area (Å²) in [5.41, 5.74) is 2.01. The van der Waals surface area contributed by atoms with Crippen molar-refractivity contribution in [1.29, 1.82) is 0 Å². The second kappa shape index (κ2) is 7.37. The molecule has 0 saturated carbocycles. The largest absolute Gasteiger partial charge is 0.314 e. The Morgan fingerprint density at radius 2 is 2.10 bits per heavy atom. The second-order valence-corrected chi connectivity index (χ2v) is 6.77. The van der Waals surface area contributed by atoms with Gasteiger partial charge in [0.25, 0.3) is 0 Å². The van der Waals surface area contributed by atoms with E-state index in [1.165, 1.54) is 19.3 Å². The molecule has 0 aromatic heterocycles. The number of hydrogen-bond donors (Lipinski definition) is 1. The van der Waals surface area contributed by atoms with Crippen LogP contribution in [0.5, 0.6) is 0 Å². The lowest BCUT2D eigenvalue weighted by Crippen LogP contribution is -2.37. The van der Waals surface area contributed by atoms with Gasteiger partial charge in [-0.25, -0.2) is 4.39 Å². The molecule has 2 rings (SSSR count). The average molecular weight is 292 g/mol. The van der Waals surface area contributed by atoms with E-state index in [2.05, 4.69) is 31.1 Å². The molecular formula is C18H29FN2. The third-order valence-corrected chi connectivity index (χ3v) is 4.52. The Kier molecular flexibility index (Phi) is 5.77. The lowest BCUT2D eigenvalue weighted by Gasteiger charge is -2.34. The second-order valence-electron chi connectivity index (χ2n) is 6.77. The standard InChI is InChI=1S/C18H29FN2/c1-13(2)20-12-15-7-5-6-10-21(4)18(15)16-11-14(3)8-9-17(16)19/h8-9,11,13,15,18,20H,5-7,10,12H2,1-4H3. The summed E-state index contributed by atoms with van der Waals surface area (Å²) >= 11 is 0. The summed E-state index contributed by atoms with van der Waals surface area (Å²) in [6.45, 7) is 8.39. The Bertz CT molecular complexity index is 459. The molecule has 0 spiro atoms. The number of aryl methyl sites for hydroxylation is 1. The molecule has 1 aliphatic rings. The van der Waals surface area contributed by atoms with Crippen LogP contribution in [0.25, 0.3) is 0 Å². The monoisotopic (exact) mass is 292 g/mol. The van der Waals surface area contributed by atoms with Crippen molar-refractivity contribution in [3.63, 3.8) is 0 Å². The van der Waals surface area contributed by atoms with Crippen molar-refractivity contribution in [2.24, 2.45) is 5.92 Å². The lowest BCUT2D eigenvalue weighted by molar-refractivity contribution is 0.182. The van der Waals surface area contributed by atoms with Crippen LogP contribution in [0.3, 0.4) is 0 Å². The molecule has 1 saturated heterocycles. The number of halogens is 1. The zero-order valence-electron chi connectivity index (χ0n) is 13.8. The Balaban J connectivity index is 2.29. The SMILES string of the molecule is Cc1ccc(F)c(C2C(CNC(C)C)CCCCN2C)c1. The maximum Gasteiger partial charge on any atom is 0.128 e. The molecule has 1 aliphatic heterocycles. The van der Waals surface area contributed by atoms with Gasteiger partial charge in [0, 0.05) is 24.2 Å². The van der Waals surface area contributed by atoms with Crippen molar-refractivity contribution >= 4 is 0 Å². The van der Waals surface area contributed by atoms with Gasteiger partial charge in [0.2, 0.25) is 0 Å². The molecule has 1 fully saturated rings. The Morgan fingerprint density at radius 1 is 1.33 bits per heavy atom. The summed E-state index contributed by atoms with van der Waals surface area (Å²) in [5.74, 6) is 0.407. The van der Waals surface area contributed by atoms with E-state index < -0.39 is 0 Å². The first-order valence-corrected chi connectivity index (χ1v) is 8.18. The summed E-state index contributed by atoms with van der Waals surface area (Å²) in [6.07, 6.45) is 3.61. The predicted octanol–water partition coefficient (Wildman–Crippen LogP) is 3.91. The van der Waals surface area contributed by atoms with Crippen molar-refractivity contribution in [3.05, 3.63) is 35.1 Å². The minimum absolute atomic E-state index is 0.0612. The van der Waals surface area contributed by atoms with Gasteiger partial charge in [-0.15, -0.1) is 0 Å². The zero-order valence-corrected chi connectivity index (χ0v) is 13.8. The first kappa shape index (κ1) is 16.4. The molecule has 0 bridgehead atoms. The molecule has 0 amide bonds. The molecule has 1 heterocycles. The lowest BCUT2D eigenvalue weighted by atomic mass is 9.88. The van der Waals surface area contributed by atoms with Crippen molar-refractivity contribution in [1.82, 2.24) is 10.2 Å². The zero-order chi connectivity index (χ0) is 15.4. The minimum Gasteiger partial charge on any atom is -0.314 e. The predicted molar refractivity (Wildman–Crippen MR) is 87.0 cm³/mol. The average Bonchev–Trinajstić information content (AvgIpc) is 2.61. The minimum atomic E-state index is -0.0612. The van der Waals surface area contributed by atoms with E-state index in [0.717, 1.165) is 24.2 Å². The molecule has 0 radical (unpaired) electrons. The van der Waals surface area contributed by atoms with Crippen molar-refractivity contribution < 1.29 is 4.39 Å². The van der Waals surface area contributed by atoms with Gasteiger partial charge >= 0.3 is 0 Å². The number of hydrogen-bond acceptors (Lipinski definition) is 2. The van der Waals surface area contributed by atoms with Crippen molar-refractivity contribution in [2.75, 3.05) is 20.1 Å². The van der Waals surface area contributed by atoms with E-state index in [-0.39, 0.29) is 11.9 Å². The Labute approximate surface area is 128 Å². The third-order valence-electron chi connectivity index (χ3n) is 4.52. The van der Waals surface area contributed by atoms with Crippen LogP contribution in [0.1, 0.15) is 50.3 Å². The Morgan fingerprint density at radius 3 is 2.81 bits per heavy atom. The van der Waals surface area contributed by atoms with Crippen LogP contribution < -0.4 is 5.32 Å². The molecule has 0 aliphatic carbocycles. The van der Waals surface area contributed by atoms with E-state index in [9.17, 15) is 4.39 Å². The van der Waals surface area contributed by atoms with Crippen LogP contribution in [0, 0.1) is 18.7 Å². The Hall–Kier alpha value is -0.930. The fourth-order valence-corrected chi connectivity index (χ4v) is 3.41. The molecule has 2 atom stereocenters. The first-order chi connectivity index (χ1) is 9.99. The third kappa shape index (κ3) is 4.27. The van der Waals surface area contributed by atoms with Gasteiger partial charge in [-0.1, -0.05) is 38.0 Å². The van der Waals surface area contributed by atoms with Gasteiger partial charge in [-0.2, -0.15) is 0 Å². The topological polar surface area (TPSA) is 15.3 Å². The number of likely N-dealkylation sites (tertiary alicyclic amines) is 1. The number of benzene rings is 1. The van der Waals surface area contributed by atoms with Crippen LogP contribution in [0.2, 0.25) is 0 Å². The summed E-state index contributed by atoms with van der Waals surface area (Å²) in [4.78, 5) is 2.34. The molecule has 1 N–H and O–H groups in total. The van der Waals surface area contributed by atoms with E-state index >= 15 is 0 Å². The maximum absolute atomic E-state index is 14.4. The molecule has 2 nitrogen and oxygen atoms in total. The van der Waals surface area contributed by atoms with Gasteiger partial charge in [-0.3, -0.25) is 4.90 Å². The van der Waals surface area contributed by atoms with Crippen LogP contribution >= 0.6 is 0 Å². The molecular weight excluding hydrogens is 263 g/mol. The highest BCUT2D eigenvalue weighted by molar-refractivity contribution is 5.27. The molecule has 3 heteroatoms. The smallest absolute Gasteiger partial charge is 0.128 e. The molecule has 1 aromatic rings. The van der Waals surface area contributed by atoms with Crippen molar-refractivity contribution in [3.8, 4) is 0 Å². The maximum atomic E-state index is 14.4. The fraction of sp³-hybridized carbons (Fsp3) is 0.667. The summed E-state index contributed by atoms with van der Waals surface area (Å²) in [5, 5.41) is 3.55. The van der Waals surface area contributed by atoms with Gasteiger partial charge < -0.3 is 5.32 Å². The van der Waals surface area contributed by atoms with Crippen LogP contribution in [-0.2, 0) is 0 Å². The van der Waals surface area contributed by atoms with E-state index in [4.69, 9.17) is 0 Å². The van der Waals surface area contributed by atoms with Gasteiger partial charge in [0.05, 0.1) is 0 Å². The van der Waals surface area contributed by atoms with Crippen molar-refractivity contribution in [2.45, 2.75) is 52.1 Å². The van der Waals surface area contributed by atoms with E-state index in [1.807, 2.05) is 19.1 Å². The van der Waals surface area contributed by atoms with Crippen LogP contribution in [0.4, 0.5) is 4.39 Å². The van der Waals surface area contributed by atoms with Crippen LogP contribution in [-0.4, -0.2) is 31.1 Å². The number of rotatable bonds is 4. The fourth-order valence-electron chi connectivity index (χ4n) is 3.41. The highest BCUT2D eigenvalue weighted by atomic mass is 19.1. The highest BCUT2D eigenvalue weighted by Gasteiger charge is 2.30. The molecule has 2 unspecified atom stereocenters. The molecule has 1 aromatic carbocycles. The van der Waals surface area contributed by atoms with Crippen LogP contribution in [0.15, 0.2) is 18.2 Å². The van der Waals surface area contributed by atoms with E-state index in [1.54, 1.807) is 6.07 Å². The van der Waals surface area contributed by atoms with Gasteiger partial charge in [0.15, 0.2) is 0 Å². The number of nitrogens with one attached hydrogen (secondary N) is 1. The van der Waals surface area contributed by atoms with Gasteiger partial charge in [0.1, 0.15) is 5.82 Å². The van der Waals surface area contributed by atoms with E-state index in [0.29, 0.717) is 12.0 Å². The van der Waals surface area contributed by atoms with Gasteiger partial charge in [-0.05, 0) is 45.3 Å². The first-order valence-electron chi connectivity index (χ1n) is 8.18. The normalized spacial score (nSPS) is 24.3. The highest BCUT2D eigenvalue weighted by Crippen LogP contribution is 2.35. The quantitative estimate of drug-likeness (QED) is 0.905. The summed E-state index contributed by atoms with van der Waals surface area (Å²) < 4.78 is 14.4. The summed E-state index contributed by atoms with van der Waals surface area (Å²) in [6, 6.07) is 6.16. The molecule has 21 heavy (non-hydrogen) atoms. The summed E-state index contributed by atoms with van der Waals surface area (Å²) in [7, 11) is 2.14. The molecule has 118 valence electrons. The number of nitrogens with zero attached hydrogens (tertiary/aromatic N) is 1.